The zero-order chi connectivity index (χ0) is 45.0. The highest BCUT2D eigenvalue weighted by atomic mass is 16.6. The number of nitrogens with zero attached hydrogens (tertiary/aromatic N) is 2. The quantitative estimate of drug-likeness (QED) is 0.0554. The van der Waals surface area contributed by atoms with Crippen molar-refractivity contribution in [1.82, 2.24) is 20.5 Å². The highest BCUT2D eigenvalue weighted by Gasteiger charge is 2.24. The van der Waals surface area contributed by atoms with Crippen LogP contribution in [-0.4, -0.2) is 89.9 Å². The molecule has 0 unspecified atom stereocenters. The first-order chi connectivity index (χ1) is 31.0. The summed E-state index contributed by atoms with van der Waals surface area (Å²) in [5.74, 6) is -0.269. The molecular weight excluding hydrogens is 809 g/mol. The molecule has 2 atom stereocenters. The van der Waals surface area contributed by atoms with Gasteiger partial charge < -0.3 is 40.4 Å². The monoisotopic (exact) mass is 864 g/mol. The number of para-hydroxylation sites is 1. The van der Waals surface area contributed by atoms with Gasteiger partial charge in [-0.2, -0.15) is 0 Å². The topological polar surface area (TPSA) is 176 Å². The minimum Gasteiger partial charge on any atom is -0.506 e. The van der Waals surface area contributed by atoms with Crippen LogP contribution in [0, 0.1) is 0 Å². The first kappa shape index (κ1) is 45.2. The normalized spacial score (nSPS) is 14.1. The number of aromatic amines is 1. The average molecular weight is 865 g/mol. The number of hydrogen-bond donors (Lipinski definition) is 6. The number of phenols is 1. The maximum Gasteiger partial charge on any atom is 0.411 e. The zero-order valence-corrected chi connectivity index (χ0v) is 36.3. The summed E-state index contributed by atoms with van der Waals surface area (Å²) >= 11 is 0. The standard InChI is InChI=1S/C51H56N6O7/c1-34(53-33-46(59)42-19-21-45(58)49-43(42)20-22-47(60)55-49)31-36-10-8-9-35(32-36)23-27-52-50(62)38-15-17-39(18-16-38)56(2)48(61)26-30-57-28-24-40(25-29-57)64-51(63)54-44-14-7-6-13-41(44)37-11-4-3-5-12-37/h3-22,32,34,40,46,53,58-59H,23-31,33H2,1-2H3,(H,52,62)(H,54,63)(H,55,60)/t34-,46+/m1/s1. The molecule has 1 aliphatic heterocycles. The Morgan fingerprint density at radius 1 is 0.875 bits per heavy atom. The molecule has 13 heteroatoms. The van der Waals surface area contributed by atoms with Gasteiger partial charge in [-0.1, -0.05) is 78.9 Å². The van der Waals surface area contributed by atoms with Crippen molar-refractivity contribution in [3.8, 4) is 16.9 Å². The second-order valence-corrected chi connectivity index (χ2v) is 16.4. The summed E-state index contributed by atoms with van der Waals surface area (Å²) in [7, 11) is 1.74. The number of anilines is 2. The third-order valence-corrected chi connectivity index (χ3v) is 11.7. The van der Waals surface area contributed by atoms with Crippen LogP contribution in [0.4, 0.5) is 16.2 Å². The fourth-order valence-electron chi connectivity index (χ4n) is 8.14. The van der Waals surface area contributed by atoms with Crippen LogP contribution in [0.15, 0.2) is 132 Å². The SMILES string of the molecule is C[C@H](Cc1cccc(CCNC(=O)c2ccc(N(C)C(=O)CCN3CCC(OC(=O)Nc4ccccc4-c4ccccc4)CC3)cc2)c1)NC[C@H](O)c1ccc(O)c2[nH]c(=O)ccc12. The van der Waals surface area contributed by atoms with Crippen LogP contribution in [0.5, 0.6) is 5.75 Å². The third-order valence-electron chi connectivity index (χ3n) is 11.7. The summed E-state index contributed by atoms with van der Waals surface area (Å²) in [4.78, 5) is 57.2. The van der Waals surface area contributed by atoms with Gasteiger partial charge in [0.05, 0.1) is 17.3 Å². The lowest BCUT2D eigenvalue weighted by Crippen LogP contribution is -2.40. The van der Waals surface area contributed by atoms with Crippen LogP contribution in [0.1, 0.15) is 59.3 Å². The first-order valence-electron chi connectivity index (χ1n) is 21.8. The number of aromatic nitrogens is 1. The van der Waals surface area contributed by atoms with Crippen LogP contribution in [0.3, 0.4) is 0 Å². The lowest BCUT2D eigenvalue weighted by Gasteiger charge is -2.31. The fraction of sp³-hybridized carbons (Fsp3) is 0.294. The van der Waals surface area contributed by atoms with Crippen molar-refractivity contribution in [1.29, 1.82) is 0 Å². The number of piperidine rings is 1. The lowest BCUT2D eigenvalue weighted by molar-refractivity contribution is -0.118. The van der Waals surface area contributed by atoms with Gasteiger partial charge in [-0.3, -0.25) is 19.7 Å². The number of hydrogen-bond acceptors (Lipinski definition) is 9. The second kappa shape index (κ2) is 21.5. The molecule has 1 saturated heterocycles. The Morgan fingerprint density at radius 2 is 1.61 bits per heavy atom. The molecule has 64 heavy (non-hydrogen) atoms. The van der Waals surface area contributed by atoms with E-state index in [4.69, 9.17) is 4.74 Å². The molecule has 7 rings (SSSR count). The van der Waals surface area contributed by atoms with Crippen LogP contribution < -0.4 is 26.4 Å². The van der Waals surface area contributed by atoms with Crippen LogP contribution in [0.25, 0.3) is 22.0 Å². The van der Waals surface area contributed by atoms with Gasteiger partial charge in [0.15, 0.2) is 0 Å². The number of fused-ring (bicyclic) bond motifs is 1. The molecule has 0 aliphatic carbocycles. The minimum absolute atomic E-state index is 0.0283. The highest BCUT2D eigenvalue weighted by molar-refractivity contribution is 5.96. The van der Waals surface area contributed by atoms with Crippen LogP contribution >= 0.6 is 0 Å². The summed E-state index contributed by atoms with van der Waals surface area (Å²) in [5.41, 5.74) is 6.64. The van der Waals surface area contributed by atoms with Crippen molar-refractivity contribution in [3.63, 3.8) is 0 Å². The number of likely N-dealkylation sites (tertiary alicyclic amines) is 1. The Bertz CT molecular complexity index is 2590. The molecule has 0 saturated carbocycles. The molecule has 5 aromatic carbocycles. The summed E-state index contributed by atoms with van der Waals surface area (Å²) in [6.45, 7) is 4.83. The van der Waals surface area contributed by atoms with E-state index in [0.717, 1.165) is 41.8 Å². The van der Waals surface area contributed by atoms with Gasteiger partial charge in [0.25, 0.3) is 5.91 Å². The van der Waals surface area contributed by atoms with E-state index in [2.05, 4.69) is 38.0 Å². The van der Waals surface area contributed by atoms with Crippen molar-refractivity contribution >= 4 is 40.2 Å². The van der Waals surface area contributed by atoms with Gasteiger partial charge in [-0.15, -0.1) is 0 Å². The summed E-state index contributed by atoms with van der Waals surface area (Å²) in [6.07, 6.45) is 1.57. The number of aliphatic hydroxyl groups is 1. The molecule has 1 aromatic heterocycles. The molecule has 0 radical (unpaired) electrons. The van der Waals surface area contributed by atoms with Crippen molar-refractivity contribution in [2.75, 3.05) is 50.0 Å². The van der Waals surface area contributed by atoms with E-state index < -0.39 is 12.2 Å². The number of aliphatic hydroxyl groups excluding tert-OH is 1. The summed E-state index contributed by atoms with van der Waals surface area (Å²) < 4.78 is 5.78. The van der Waals surface area contributed by atoms with Gasteiger partial charge in [0, 0.05) is 80.5 Å². The number of ether oxygens (including phenoxy) is 1. The van der Waals surface area contributed by atoms with Gasteiger partial charge in [0.2, 0.25) is 11.5 Å². The Balaban J connectivity index is 0.791. The third kappa shape index (κ3) is 12.0. The highest BCUT2D eigenvalue weighted by Crippen LogP contribution is 2.30. The van der Waals surface area contributed by atoms with Crippen LogP contribution in [0.2, 0.25) is 0 Å². The molecule has 3 amide bonds. The van der Waals surface area contributed by atoms with Gasteiger partial charge in [0.1, 0.15) is 11.9 Å². The maximum atomic E-state index is 13.2. The number of pyridine rings is 1. The molecular formula is C51H56N6O7. The predicted molar refractivity (Wildman–Crippen MR) is 251 cm³/mol. The zero-order valence-electron chi connectivity index (χ0n) is 36.3. The number of aromatic hydroxyl groups is 1. The fourth-order valence-corrected chi connectivity index (χ4v) is 8.14. The van der Waals surface area contributed by atoms with Crippen molar-refractivity contribution < 1.29 is 29.3 Å². The smallest absolute Gasteiger partial charge is 0.411 e. The number of H-pyrrole nitrogens is 1. The molecule has 6 N–H and O–H groups in total. The number of carbonyl (C=O) groups is 3. The Morgan fingerprint density at radius 3 is 2.39 bits per heavy atom. The number of carbonyl (C=O) groups excluding carboxylic acids is 3. The van der Waals surface area contributed by atoms with Gasteiger partial charge in [-0.25, -0.2) is 4.79 Å². The Kier molecular flexibility index (Phi) is 15.2. The number of amides is 3. The van der Waals surface area contributed by atoms with E-state index in [9.17, 15) is 29.4 Å². The molecule has 1 fully saturated rings. The van der Waals surface area contributed by atoms with E-state index in [-0.39, 0.29) is 41.8 Å². The largest absolute Gasteiger partial charge is 0.506 e. The van der Waals surface area contributed by atoms with Crippen LogP contribution in [-0.2, 0) is 22.4 Å². The number of benzene rings is 5. The van der Waals surface area contributed by atoms with E-state index >= 15 is 0 Å². The molecule has 332 valence electrons. The van der Waals surface area contributed by atoms with E-state index in [1.165, 1.54) is 12.1 Å². The van der Waals surface area contributed by atoms with Crippen molar-refractivity contribution in [3.05, 3.63) is 160 Å². The maximum absolute atomic E-state index is 13.2. The molecule has 0 bridgehead atoms. The number of nitrogens with one attached hydrogen (secondary N) is 4. The molecule has 1 aliphatic rings. The Hall–Kier alpha value is -6.80. The number of rotatable bonds is 17. The average Bonchev–Trinajstić information content (AvgIpc) is 3.31. The lowest BCUT2D eigenvalue weighted by atomic mass is 10.0. The van der Waals surface area contributed by atoms with Crippen molar-refractivity contribution in [2.24, 2.45) is 0 Å². The molecule has 6 aromatic rings. The number of phenolic OH excluding ortho intramolecular Hbond substituents is 1. The molecule has 13 nitrogen and oxygen atoms in total. The van der Waals surface area contributed by atoms with Gasteiger partial charge >= 0.3 is 6.09 Å². The summed E-state index contributed by atoms with van der Waals surface area (Å²) in [5, 5.41) is 31.0. The minimum atomic E-state index is -0.849. The van der Waals surface area contributed by atoms with E-state index in [1.54, 1.807) is 48.3 Å². The predicted octanol–water partition coefficient (Wildman–Crippen LogP) is 7.19. The second-order valence-electron chi connectivity index (χ2n) is 16.4. The first-order valence-corrected chi connectivity index (χ1v) is 21.8. The van der Waals surface area contributed by atoms with E-state index in [1.807, 2.05) is 73.7 Å². The van der Waals surface area contributed by atoms with Crippen molar-refractivity contribution in [2.45, 2.75) is 57.3 Å². The Labute approximate surface area is 373 Å². The summed E-state index contributed by atoms with van der Waals surface area (Å²) in [6, 6.07) is 39.0. The molecule has 0 spiro atoms. The molecule has 2 heterocycles. The van der Waals surface area contributed by atoms with E-state index in [0.29, 0.717) is 72.2 Å². The van der Waals surface area contributed by atoms with Gasteiger partial charge in [-0.05, 0) is 97.3 Å².